The van der Waals surface area contributed by atoms with Gasteiger partial charge in [-0.05, 0) is 117 Å². The molecule has 0 aliphatic rings. The molecule has 0 amide bonds. The second-order valence-corrected chi connectivity index (χ2v) is 15.7. The lowest BCUT2D eigenvalue weighted by molar-refractivity contribution is 0.669. The number of hydrogen-bond acceptors (Lipinski definition) is 2. The molecule has 0 bridgehead atoms. The van der Waals surface area contributed by atoms with Gasteiger partial charge in [-0.2, -0.15) is 0 Å². The number of hydrogen-bond donors (Lipinski definition) is 0. The Hall–Kier alpha value is -8.14. The molecule has 286 valence electrons. The van der Waals surface area contributed by atoms with Crippen LogP contribution in [0.15, 0.2) is 235 Å². The zero-order chi connectivity index (χ0) is 40.3. The molecule has 0 fully saturated rings. The van der Waals surface area contributed by atoms with Crippen LogP contribution in [0.3, 0.4) is 0 Å². The summed E-state index contributed by atoms with van der Waals surface area (Å²) in [6, 6.07) is 83.0. The largest absolute Gasteiger partial charge is 0.456 e. The van der Waals surface area contributed by atoms with Gasteiger partial charge in [0.1, 0.15) is 11.2 Å². The maximum absolute atomic E-state index is 6.27. The number of benzene rings is 10. The maximum Gasteiger partial charge on any atom is 0.136 e. The van der Waals surface area contributed by atoms with Crippen LogP contribution in [0.2, 0.25) is 0 Å². The van der Waals surface area contributed by atoms with E-state index < -0.39 is 0 Å². The summed E-state index contributed by atoms with van der Waals surface area (Å²) in [6.07, 6.45) is 0. The van der Waals surface area contributed by atoms with Crippen molar-refractivity contribution < 1.29 is 4.42 Å². The van der Waals surface area contributed by atoms with Gasteiger partial charge < -0.3 is 13.9 Å². The molecule has 10 aromatic carbocycles. The lowest BCUT2D eigenvalue weighted by atomic mass is 9.98. The van der Waals surface area contributed by atoms with Crippen molar-refractivity contribution >= 4 is 71.6 Å². The summed E-state index contributed by atoms with van der Waals surface area (Å²) in [7, 11) is 0. The summed E-state index contributed by atoms with van der Waals surface area (Å²) < 4.78 is 8.65. The monoisotopic (exact) mass is 778 g/mol. The maximum atomic E-state index is 6.27. The van der Waals surface area contributed by atoms with Gasteiger partial charge in [-0.3, -0.25) is 0 Å². The molecule has 3 heteroatoms. The lowest BCUT2D eigenvalue weighted by Gasteiger charge is -2.28. The Morgan fingerprint density at radius 1 is 0.328 bits per heavy atom. The molecule has 3 nitrogen and oxygen atoms in total. The van der Waals surface area contributed by atoms with E-state index in [1.54, 1.807) is 0 Å². The van der Waals surface area contributed by atoms with E-state index in [0.29, 0.717) is 0 Å². The Balaban J connectivity index is 0.953. The molecule has 0 unspecified atom stereocenters. The van der Waals surface area contributed by atoms with E-state index in [0.717, 1.165) is 66.9 Å². The zero-order valence-corrected chi connectivity index (χ0v) is 33.2. The van der Waals surface area contributed by atoms with Gasteiger partial charge in [-0.25, -0.2) is 0 Å². The third-order valence-electron chi connectivity index (χ3n) is 12.2. The third kappa shape index (κ3) is 5.98. The molecule has 0 radical (unpaired) electrons. The van der Waals surface area contributed by atoms with Gasteiger partial charge in [0, 0.05) is 44.2 Å². The third-order valence-corrected chi connectivity index (χ3v) is 12.2. The highest BCUT2D eigenvalue weighted by Crippen LogP contribution is 2.43. The SMILES string of the molecule is c1cc(-c2ccc(N(c3ccc(-c4ccc5c(c4)oc4ccccc45)cc3)c3ccccc3-c3ccc4ccccc4c3)cc2)cc(-n2c3ccccc3c3ccccc32)c1. The topological polar surface area (TPSA) is 21.3 Å². The Morgan fingerprint density at radius 2 is 0.885 bits per heavy atom. The summed E-state index contributed by atoms with van der Waals surface area (Å²) in [5.41, 5.74) is 15.5. The fourth-order valence-corrected chi connectivity index (χ4v) is 9.23. The minimum atomic E-state index is 0.898. The van der Waals surface area contributed by atoms with E-state index in [-0.39, 0.29) is 0 Å². The summed E-state index contributed by atoms with van der Waals surface area (Å²) in [6.45, 7) is 0. The van der Waals surface area contributed by atoms with Gasteiger partial charge in [-0.1, -0.05) is 152 Å². The van der Waals surface area contributed by atoms with Crippen LogP contribution in [0, 0.1) is 0 Å². The van der Waals surface area contributed by atoms with Crippen molar-refractivity contribution in [2.75, 3.05) is 4.90 Å². The molecule has 0 aliphatic heterocycles. The average Bonchev–Trinajstić information content (AvgIpc) is 3.88. The predicted octanol–water partition coefficient (Wildman–Crippen LogP) is 16.3. The first-order chi connectivity index (χ1) is 30.2. The van der Waals surface area contributed by atoms with Gasteiger partial charge in [0.2, 0.25) is 0 Å². The molecule has 0 atom stereocenters. The number of aromatic nitrogens is 1. The molecular formula is C58H38N2O. The van der Waals surface area contributed by atoms with Crippen molar-refractivity contribution in [3.63, 3.8) is 0 Å². The summed E-state index contributed by atoms with van der Waals surface area (Å²) in [4.78, 5) is 2.38. The van der Waals surface area contributed by atoms with Crippen LogP contribution in [0.25, 0.3) is 93.6 Å². The molecule has 12 rings (SSSR count). The Morgan fingerprint density at radius 3 is 1.62 bits per heavy atom. The summed E-state index contributed by atoms with van der Waals surface area (Å²) in [5.74, 6) is 0. The van der Waals surface area contributed by atoms with Crippen molar-refractivity contribution in [2.24, 2.45) is 0 Å². The first-order valence-corrected chi connectivity index (χ1v) is 20.8. The van der Waals surface area contributed by atoms with E-state index in [1.165, 1.54) is 43.7 Å². The van der Waals surface area contributed by atoms with Gasteiger partial charge in [-0.15, -0.1) is 0 Å². The Kier molecular flexibility index (Phi) is 8.17. The number of rotatable bonds is 7. The van der Waals surface area contributed by atoms with Crippen molar-refractivity contribution in [1.82, 2.24) is 4.57 Å². The molecule has 61 heavy (non-hydrogen) atoms. The molecule has 12 aromatic rings. The molecule has 0 spiro atoms. The summed E-state index contributed by atoms with van der Waals surface area (Å²) in [5, 5.41) is 7.25. The molecule has 2 aromatic heterocycles. The zero-order valence-electron chi connectivity index (χ0n) is 33.2. The van der Waals surface area contributed by atoms with Gasteiger partial charge in [0.05, 0.1) is 16.7 Å². The second kappa shape index (κ2) is 14.3. The van der Waals surface area contributed by atoms with Crippen molar-refractivity contribution in [3.05, 3.63) is 231 Å². The van der Waals surface area contributed by atoms with Crippen LogP contribution in [-0.4, -0.2) is 4.57 Å². The van der Waals surface area contributed by atoms with E-state index in [4.69, 9.17) is 4.42 Å². The van der Waals surface area contributed by atoms with Crippen LogP contribution < -0.4 is 4.90 Å². The number of anilines is 3. The molecular weight excluding hydrogens is 741 g/mol. The second-order valence-electron chi connectivity index (χ2n) is 15.7. The predicted molar refractivity (Wildman–Crippen MR) is 257 cm³/mol. The van der Waals surface area contributed by atoms with E-state index in [9.17, 15) is 0 Å². The highest BCUT2D eigenvalue weighted by Gasteiger charge is 2.19. The van der Waals surface area contributed by atoms with Crippen LogP contribution in [0.5, 0.6) is 0 Å². The number of fused-ring (bicyclic) bond motifs is 7. The first kappa shape index (κ1) is 34.9. The van der Waals surface area contributed by atoms with Crippen molar-refractivity contribution in [3.8, 4) is 39.1 Å². The van der Waals surface area contributed by atoms with Gasteiger partial charge in [0.25, 0.3) is 0 Å². The quantitative estimate of drug-likeness (QED) is 0.161. The van der Waals surface area contributed by atoms with Crippen LogP contribution >= 0.6 is 0 Å². The number of furan rings is 1. The van der Waals surface area contributed by atoms with E-state index >= 15 is 0 Å². The molecule has 0 saturated heterocycles. The van der Waals surface area contributed by atoms with Gasteiger partial charge >= 0.3 is 0 Å². The summed E-state index contributed by atoms with van der Waals surface area (Å²) >= 11 is 0. The Labute approximate surface area is 353 Å². The smallest absolute Gasteiger partial charge is 0.136 e. The lowest BCUT2D eigenvalue weighted by Crippen LogP contribution is -2.11. The average molecular weight is 779 g/mol. The highest BCUT2D eigenvalue weighted by atomic mass is 16.3. The number of nitrogens with zero attached hydrogens (tertiary/aromatic N) is 2. The van der Waals surface area contributed by atoms with E-state index in [2.05, 4.69) is 228 Å². The normalized spacial score (nSPS) is 11.6. The molecule has 0 aliphatic carbocycles. The van der Waals surface area contributed by atoms with Crippen molar-refractivity contribution in [1.29, 1.82) is 0 Å². The molecule has 2 heterocycles. The number of para-hydroxylation sites is 4. The van der Waals surface area contributed by atoms with E-state index in [1.807, 2.05) is 12.1 Å². The van der Waals surface area contributed by atoms with Crippen molar-refractivity contribution in [2.45, 2.75) is 0 Å². The molecule has 0 N–H and O–H groups in total. The fourth-order valence-electron chi connectivity index (χ4n) is 9.23. The Bertz CT molecular complexity index is 3540. The highest BCUT2D eigenvalue weighted by molar-refractivity contribution is 6.09. The first-order valence-electron chi connectivity index (χ1n) is 20.8. The van der Waals surface area contributed by atoms with Crippen LogP contribution in [0.4, 0.5) is 17.1 Å². The standard InChI is InChI=1S/C58H38N2O/c1-2-13-42-36-45(25-24-39(42)12-1)49-16-3-7-20-54(49)59(47-33-28-41(29-34-47)44-30-35-53-52-19-6-10-23-57(52)61-58(53)38-44)46-31-26-40(27-32-46)43-14-11-15-48(37-43)60-55-21-8-4-17-50(55)51-18-5-9-22-56(51)60/h1-38H. The minimum absolute atomic E-state index is 0.898. The fraction of sp³-hybridized carbons (Fsp3) is 0. The molecule has 0 saturated carbocycles. The van der Waals surface area contributed by atoms with Crippen LogP contribution in [-0.2, 0) is 0 Å². The van der Waals surface area contributed by atoms with Crippen LogP contribution in [0.1, 0.15) is 0 Å². The minimum Gasteiger partial charge on any atom is -0.456 e. The van der Waals surface area contributed by atoms with Gasteiger partial charge in [0.15, 0.2) is 0 Å².